The molecule has 0 aromatic rings. The molecule has 3 nitrogen and oxygen atoms in total. The predicted octanol–water partition coefficient (Wildman–Crippen LogP) is 3.14. The van der Waals surface area contributed by atoms with E-state index in [4.69, 9.17) is 0 Å². The molecule has 0 aromatic heterocycles. The van der Waals surface area contributed by atoms with Crippen molar-refractivity contribution in [3.05, 3.63) is 0 Å². The van der Waals surface area contributed by atoms with Crippen molar-refractivity contribution in [1.82, 2.24) is 0 Å². The van der Waals surface area contributed by atoms with Crippen molar-refractivity contribution < 1.29 is 14.7 Å². The average Bonchev–Trinajstić information content (AvgIpc) is 2.79. The summed E-state index contributed by atoms with van der Waals surface area (Å²) in [5.74, 6) is 2.66. The number of ketones is 2. The third-order valence-corrected chi connectivity index (χ3v) is 8.30. The van der Waals surface area contributed by atoms with Crippen molar-refractivity contribution in [3.63, 3.8) is 0 Å². The summed E-state index contributed by atoms with van der Waals surface area (Å²) in [5, 5.41) is 10.8. The number of hydrogen-bond donors (Lipinski definition) is 1. The third kappa shape index (κ3) is 1.72. The molecule has 0 amide bonds. The summed E-state index contributed by atoms with van der Waals surface area (Å²) < 4.78 is 0. The third-order valence-electron chi connectivity index (χ3n) is 8.30. The molecule has 0 heterocycles. The minimum absolute atomic E-state index is 0.199. The lowest BCUT2D eigenvalue weighted by Crippen LogP contribution is -2.58. The number of hydrogen-bond acceptors (Lipinski definition) is 3. The highest BCUT2D eigenvalue weighted by molar-refractivity contribution is 5.88. The maximum atomic E-state index is 12.4. The zero-order valence-electron chi connectivity index (χ0n) is 13.8. The normalized spacial score (nSPS) is 54.6. The average molecular weight is 304 g/mol. The van der Waals surface area contributed by atoms with Crippen molar-refractivity contribution in [1.29, 1.82) is 0 Å². The molecular weight excluding hydrogens is 276 g/mol. The van der Waals surface area contributed by atoms with Gasteiger partial charge in [0.15, 0.2) is 0 Å². The van der Waals surface area contributed by atoms with Gasteiger partial charge in [0.1, 0.15) is 11.6 Å². The topological polar surface area (TPSA) is 54.4 Å². The van der Waals surface area contributed by atoms with Crippen molar-refractivity contribution in [2.45, 2.75) is 71.3 Å². The van der Waals surface area contributed by atoms with E-state index in [1.807, 2.05) is 6.92 Å². The SMILES string of the molecule is C[C@]12CCC(=O)C[C@@H]1CC[C@@H]1[C@@H]2C[C@H](O)[C@]2(C)C(=O)CC[C@@H]12. The van der Waals surface area contributed by atoms with Crippen molar-refractivity contribution in [2.24, 2.45) is 34.5 Å². The molecule has 0 saturated heterocycles. The molecule has 4 saturated carbocycles. The first kappa shape index (κ1) is 14.9. The molecule has 7 atom stereocenters. The molecule has 0 spiro atoms. The van der Waals surface area contributed by atoms with Gasteiger partial charge in [-0.15, -0.1) is 0 Å². The van der Waals surface area contributed by atoms with Crippen LogP contribution in [-0.2, 0) is 9.59 Å². The van der Waals surface area contributed by atoms with Crippen LogP contribution in [0.3, 0.4) is 0 Å². The largest absolute Gasteiger partial charge is 0.392 e. The Morgan fingerprint density at radius 1 is 1.05 bits per heavy atom. The van der Waals surface area contributed by atoms with E-state index in [-0.39, 0.29) is 11.2 Å². The van der Waals surface area contributed by atoms with E-state index < -0.39 is 11.5 Å². The second kappa shape index (κ2) is 4.66. The molecule has 122 valence electrons. The molecule has 0 bridgehead atoms. The van der Waals surface area contributed by atoms with Gasteiger partial charge in [-0.05, 0) is 68.1 Å². The van der Waals surface area contributed by atoms with E-state index in [2.05, 4.69) is 6.92 Å². The first-order valence-corrected chi connectivity index (χ1v) is 9.10. The summed E-state index contributed by atoms with van der Waals surface area (Å²) in [6.45, 7) is 4.39. The maximum Gasteiger partial charge on any atom is 0.141 e. The van der Waals surface area contributed by atoms with E-state index in [9.17, 15) is 14.7 Å². The van der Waals surface area contributed by atoms with Crippen LogP contribution in [0.25, 0.3) is 0 Å². The van der Waals surface area contributed by atoms with Crippen LogP contribution in [0.15, 0.2) is 0 Å². The summed E-state index contributed by atoms with van der Waals surface area (Å²) in [4.78, 5) is 24.3. The Labute approximate surface area is 132 Å². The van der Waals surface area contributed by atoms with Gasteiger partial charge in [0.2, 0.25) is 0 Å². The molecule has 22 heavy (non-hydrogen) atoms. The standard InChI is InChI=1S/C19H28O3/c1-18-8-7-12(20)9-11(18)3-4-13-14-5-6-16(21)19(14,2)17(22)10-15(13)18/h11,13-15,17,22H,3-10H2,1-2H3/t11-,13-,14-,15-,17-,18-,19-/m0/s1. The van der Waals surface area contributed by atoms with Gasteiger partial charge >= 0.3 is 0 Å². The number of carbonyl (C=O) groups is 2. The minimum atomic E-state index is -0.491. The van der Waals surface area contributed by atoms with Crippen LogP contribution < -0.4 is 0 Å². The first-order chi connectivity index (χ1) is 10.4. The van der Waals surface area contributed by atoms with Crippen molar-refractivity contribution in [3.8, 4) is 0 Å². The van der Waals surface area contributed by atoms with Crippen molar-refractivity contribution in [2.75, 3.05) is 0 Å². The quantitative estimate of drug-likeness (QED) is 0.748. The molecule has 1 N–H and O–H groups in total. The van der Waals surface area contributed by atoms with Crippen LogP contribution in [0.1, 0.15) is 65.2 Å². The van der Waals surface area contributed by atoms with Crippen LogP contribution in [0, 0.1) is 34.5 Å². The molecule has 0 aromatic carbocycles. The monoisotopic (exact) mass is 304 g/mol. The van der Waals surface area contributed by atoms with Crippen LogP contribution >= 0.6 is 0 Å². The van der Waals surface area contributed by atoms with Gasteiger partial charge in [-0.2, -0.15) is 0 Å². The molecule has 0 radical (unpaired) electrons. The highest BCUT2D eigenvalue weighted by atomic mass is 16.3. The van der Waals surface area contributed by atoms with Crippen LogP contribution in [-0.4, -0.2) is 22.8 Å². The zero-order valence-corrected chi connectivity index (χ0v) is 13.8. The van der Waals surface area contributed by atoms with E-state index in [1.165, 1.54) is 0 Å². The van der Waals surface area contributed by atoms with E-state index in [0.29, 0.717) is 42.3 Å². The number of Topliss-reactive ketones (excluding diaryl/α,β-unsaturated/α-hetero) is 2. The zero-order chi connectivity index (χ0) is 15.7. The van der Waals surface area contributed by atoms with Crippen LogP contribution in [0.5, 0.6) is 0 Å². The summed E-state index contributed by atoms with van der Waals surface area (Å²) in [7, 11) is 0. The fourth-order valence-corrected chi connectivity index (χ4v) is 6.79. The lowest BCUT2D eigenvalue weighted by Gasteiger charge is -2.60. The van der Waals surface area contributed by atoms with Gasteiger partial charge in [0, 0.05) is 19.3 Å². The number of aliphatic hydroxyl groups excluding tert-OH is 1. The Morgan fingerprint density at radius 2 is 1.82 bits per heavy atom. The molecule has 4 rings (SSSR count). The first-order valence-electron chi connectivity index (χ1n) is 9.10. The number of rotatable bonds is 0. The van der Waals surface area contributed by atoms with Gasteiger partial charge in [-0.1, -0.05) is 6.92 Å². The summed E-state index contributed by atoms with van der Waals surface area (Å²) >= 11 is 0. The van der Waals surface area contributed by atoms with Gasteiger partial charge in [-0.25, -0.2) is 0 Å². The lowest BCUT2D eigenvalue weighted by molar-refractivity contribution is -0.166. The van der Waals surface area contributed by atoms with Gasteiger partial charge < -0.3 is 5.11 Å². The van der Waals surface area contributed by atoms with Crippen molar-refractivity contribution >= 4 is 11.6 Å². The second-order valence-corrected chi connectivity index (χ2v) is 8.90. The Hall–Kier alpha value is -0.700. The number of aliphatic hydroxyl groups is 1. The van der Waals surface area contributed by atoms with E-state index in [0.717, 1.165) is 38.5 Å². The van der Waals surface area contributed by atoms with Crippen LogP contribution in [0.2, 0.25) is 0 Å². The van der Waals surface area contributed by atoms with Gasteiger partial charge in [0.25, 0.3) is 0 Å². The molecule has 3 heteroatoms. The Bertz CT molecular complexity index is 527. The number of fused-ring (bicyclic) bond motifs is 5. The lowest BCUT2D eigenvalue weighted by atomic mass is 9.44. The van der Waals surface area contributed by atoms with Crippen LogP contribution in [0.4, 0.5) is 0 Å². The smallest absolute Gasteiger partial charge is 0.141 e. The highest BCUT2D eigenvalue weighted by Crippen LogP contribution is 2.65. The van der Waals surface area contributed by atoms with E-state index in [1.54, 1.807) is 0 Å². The summed E-state index contributed by atoms with van der Waals surface area (Å²) in [5.41, 5.74) is -0.292. The molecule has 0 unspecified atom stereocenters. The van der Waals surface area contributed by atoms with Gasteiger partial charge in [0.05, 0.1) is 11.5 Å². The van der Waals surface area contributed by atoms with E-state index >= 15 is 0 Å². The number of carbonyl (C=O) groups excluding carboxylic acids is 2. The highest BCUT2D eigenvalue weighted by Gasteiger charge is 2.63. The molecule has 4 fully saturated rings. The molecule has 4 aliphatic rings. The second-order valence-electron chi connectivity index (χ2n) is 8.90. The Balaban J connectivity index is 1.69. The minimum Gasteiger partial charge on any atom is -0.392 e. The predicted molar refractivity (Wildman–Crippen MR) is 83.1 cm³/mol. The maximum absolute atomic E-state index is 12.4. The molecular formula is C19H28O3. The fraction of sp³-hybridized carbons (Fsp3) is 0.895. The molecule has 4 aliphatic carbocycles. The Morgan fingerprint density at radius 3 is 2.59 bits per heavy atom. The fourth-order valence-electron chi connectivity index (χ4n) is 6.79. The Kier molecular flexibility index (Phi) is 3.15. The molecule has 0 aliphatic heterocycles. The summed E-state index contributed by atoms with van der Waals surface area (Å²) in [6.07, 6.45) is 6.64. The summed E-state index contributed by atoms with van der Waals surface area (Å²) in [6, 6.07) is 0. The van der Waals surface area contributed by atoms with Gasteiger partial charge in [-0.3, -0.25) is 9.59 Å².